The minimum atomic E-state index is -0.463. The lowest BCUT2D eigenvalue weighted by molar-refractivity contribution is -0.141. The zero-order valence-corrected chi connectivity index (χ0v) is 12.6. The van der Waals surface area contributed by atoms with Gasteiger partial charge in [-0.25, -0.2) is 4.79 Å². The summed E-state index contributed by atoms with van der Waals surface area (Å²) in [6.45, 7) is 2.72. The molecule has 1 aromatic rings. The van der Waals surface area contributed by atoms with Gasteiger partial charge in [0, 0.05) is 6.54 Å². The number of hydrogen-bond acceptors (Lipinski definition) is 4. The number of halogens is 1. The van der Waals surface area contributed by atoms with Crippen molar-refractivity contribution < 1.29 is 19.1 Å². The highest BCUT2D eigenvalue weighted by Gasteiger charge is 2.05. The Hall–Kier alpha value is -1.95. The number of para-hydroxylation sites is 1. The molecule has 0 saturated heterocycles. The Morgan fingerprint density at radius 1 is 1.24 bits per heavy atom. The van der Waals surface area contributed by atoms with Crippen LogP contribution >= 0.6 is 11.6 Å². The van der Waals surface area contributed by atoms with Gasteiger partial charge >= 0.3 is 12.0 Å². The third-order valence-corrected chi connectivity index (χ3v) is 2.71. The van der Waals surface area contributed by atoms with Crippen LogP contribution in [0.4, 0.5) is 4.79 Å². The molecule has 7 heteroatoms. The molecule has 2 amide bonds. The molecular formula is C14H19ClN2O4. The smallest absolute Gasteiger partial charge is 0.325 e. The molecule has 0 aromatic heterocycles. The minimum Gasteiger partial charge on any atom is -0.492 e. The first-order valence-corrected chi connectivity index (χ1v) is 7.06. The first-order valence-electron chi connectivity index (χ1n) is 6.68. The van der Waals surface area contributed by atoms with Crippen LogP contribution < -0.4 is 15.4 Å². The van der Waals surface area contributed by atoms with Crippen LogP contribution in [-0.4, -0.2) is 38.3 Å². The summed E-state index contributed by atoms with van der Waals surface area (Å²) in [7, 11) is 0. The summed E-state index contributed by atoms with van der Waals surface area (Å²) in [5.41, 5.74) is 0. The van der Waals surface area contributed by atoms with E-state index >= 15 is 0 Å². The number of esters is 1. The Balaban J connectivity index is 2.07. The lowest BCUT2D eigenvalue weighted by atomic mass is 10.3. The largest absolute Gasteiger partial charge is 0.492 e. The van der Waals surface area contributed by atoms with E-state index in [-0.39, 0.29) is 6.54 Å². The Kier molecular flexibility index (Phi) is 8.04. The molecule has 0 spiro atoms. The number of urea groups is 1. The number of benzene rings is 1. The summed E-state index contributed by atoms with van der Waals surface area (Å²) in [6, 6.07) is 6.77. The van der Waals surface area contributed by atoms with E-state index in [0.29, 0.717) is 37.0 Å². The lowest BCUT2D eigenvalue weighted by Crippen LogP contribution is -2.39. The van der Waals surface area contributed by atoms with Crippen molar-refractivity contribution in [3.05, 3.63) is 29.3 Å². The summed E-state index contributed by atoms with van der Waals surface area (Å²) < 4.78 is 10.2. The SMILES string of the molecule is CCOC(=O)CNC(=O)NCCCOc1ccccc1Cl. The zero-order valence-electron chi connectivity index (χ0n) is 11.9. The molecule has 0 bridgehead atoms. The molecule has 1 rings (SSSR count). The van der Waals surface area contributed by atoms with E-state index in [1.807, 2.05) is 12.1 Å². The van der Waals surface area contributed by atoms with E-state index in [1.54, 1.807) is 19.1 Å². The molecule has 0 aliphatic carbocycles. The van der Waals surface area contributed by atoms with Crippen molar-refractivity contribution in [2.45, 2.75) is 13.3 Å². The van der Waals surface area contributed by atoms with Gasteiger partial charge in [0.05, 0.1) is 18.2 Å². The molecule has 2 N–H and O–H groups in total. The number of rotatable bonds is 8. The predicted molar refractivity (Wildman–Crippen MR) is 79.6 cm³/mol. The summed E-state index contributed by atoms with van der Waals surface area (Å²) in [6.07, 6.45) is 0.623. The van der Waals surface area contributed by atoms with Crippen molar-refractivity contribution in [3.8, 4) is 5.75 Å². The number of amides is 2. The van der Waals surface area contributed by atoms with Crippen LogP contribution in [-0.2, 0) is 9.53 Å². The number of hydrogen-bond donors (Lipinski definition) is 2. The van der Waals surface area contributed by atoms with E-state index in [1.165, 1.54) is 0 Å². The van der Waals surface area contributed by atoms with Crippen LogP contribution in [0.5, 0.6) is 5.75 Å². The molecule has 116 valence electrons. The number of nitrogens with one attached hydrogen (secondary N) is 2. The van der Waals surface area contributed by atoms with Crippen molar-refractivity contribution in [3.63, 3.8) is 0 Å². The molecule has 0 aliphatic rings. The monoisotopic (exact) mass is 314 g/mol. The quantitative estimate of drug-likeness (QED) is 0.568. The van der Waals surface area contributed by atoms with Crippen LogP contribution in [0, 0.1) is 0 Å². The van der Waals surface area contributed by atoms with Gasteiger partial charge in [0.1, 0.15) is 12.3 Å². The van der Waals surface area contributed by atoms with E-state index in [9.17, 15) is 9.59 Å². The second-order valence-corrected chi connectivity index (χ2v) is 4.45. The van der Waals surface area contributed by atoms with Crippen molar-refractivity contribution in [2.75, 3.05) is 26.3 Å². The zero-order chi connectivity index (χ0) is 15.5. The Morgan fingerprint density at radius 2 is 2.00 bits per heavy atom. The molecule has 21 heavy (non-hydrogen) atoms. The number of ether oxygens (including phenoxy) is 2. The standard InChI is InChI=1S/C14H19ClN2O4/c1-2-20-13(18)10-17-14(19)16-8-5-9-21-12-7-4-3-6-11(12)15/h3-4,6-7H,2,5,8-10H2,1H3,(H2,16,17,19). The highest BCUT2D eigenvalue weighted by atomic mass is 35.5. The first-order chi connectivity index (χ1) is 10.1. The van der Waals surface area contributed by atoms with Crippen molar-refractivity contribution in [1.82, 2.24) is 10.6 Å². The van der Waals surface area contributed by atoms with Crippen LogP contribution in [0.1, 0.15) is 13.3 Å². The maximum absolute atomic E-state index is 11.3. The van der Waals surface area contributed by atoms with Crippen LogP contribution in [0.3, 0.4) is 0 Å². The third kappa shape index (κ3) is 7.41. The average Bonchev–Trinajstić information content (AvgIpc) is 2.47. The summed E-state index contributed by atoms with van der Waals surface area (Å²) >= 11 is 5.94. The second kappa shape index (κ2) is 9.88. The van der Waals surface area contributed by atoms with Gasteiger partial charge < -0.3 is 20.1 Å². The van der Waals surface area contributed by atoms with Gasteiger partial charge in [-0.05, 0) is 25.5 Å². The van der Waals surface area contributed by atoms with E-state index in [2.05, 4.69) is 15.4 Å². The maximum atomic E-state index is 11.3. The Bertz CT molecular complexity index is 468. The third-order valence-electron chi connectivity index (χ3n) is 2.40. The molecule has 0 fully saturated rings. The van der Waals surface area contributed by atoms with Crippen LogP contribution in [0.2, 0.25) is 5.02 Å². The number of carbonyl (C=O) groups is 2. The molecule has 0 aliphatic heterocycles. The van der Waals surface area contributed by atoms with E-state index < -0.39 is 12.0 Å². The van der Waals surface area contributed by atoms with Gasteiger partial charge in [0.2, 0.25) is 0 Å². The average molecular weight is 315 g/mol. The predicted octanol–water partition coefficient (Wildman–Crippen LogP) is 1.97. The summed E-state index contributed by atoms with van der Waals surface area (Å²) in [4.78, 5) is 22.4. The van der Waals surface area contributed by atoms with Gasteiger partial charge in [-0.15, -0.1) is 0 Å². The van der Waals surface area contributed by atoms with Crippen LogP contribution in [0.25, 0.3) is 0 Å². The highest BCUT2D eigenvalue weighted by molar-refractivity contribution is 6.32. The molecular weight excluding hydrogens is 296 g/mol. The van der Waals surface area contributed by atoms with Crippen molar-refractivity contribution in [1.29, 1.82) is 0 Å². The Labute approximate surface area is 128 Å². The van der Waals surface area contributed by atoms with Gasteiger partial charge in [0.15, 0.2) is 0 Å². The first kappa shape index (κ1) is 17.1. The molecule has 0 atom stereocenters. The summed E-state index contributed by atoms with van der Waals surface area (Å²) in [5.74, 6) is 0.153. The maximum Gasteiger partial charge on any atom is 0.325 e. The van der Waals surface area contributed by atoms with E-state index in [0.717, 1.165) is 0 Å². The lowest BCUT2D eigenvalue weighted by Gasteiger charge is -2.09. The van der Waals surface area contributed by atoms with Gasteiger partial charge in [-0.3, -0.25) is 4.79 Å². The van der Waals surface area contributed by atoms with Crippen molar-refractivity contribution >= 4 is 23.6 Å². The molecule has 0 radical (unpaired) electrons. The molecule has 0 unspecified atom stereocenters. The molecule has 0 saturated carbocycles. The van der Waals surface area contributed by atoms with Crippen molar-refractivity contribution in [2.24, 2.45) is 0 Å². The normalized spacial score (nSPS) is 9.81. The second-order valence-electron chi connectivity index (χ2n) is 4.05. The fourth-order valence-electron chi connectivity index (χ4n) is 1.44. The fraction of sp³-hybridized carbons (Fsp3) is 0.429. The molecule has 0 heterocycles. The van der Waals surface area contributed by atoms with Crippen LogP contribution in [0.15, 0.2) is 24.3 Å². The van der Waals surface area contributed by atoms with Gasteiger partial charge in [-0.1, -0.05) is 23.7 Å². The topological polar surface area (TPSA) is 76.7 Å². The molecule has 1 aromatic carbocycles. The molecule has 6 nitrogen and oxygen atoms in total. The fourth-order valence-corrected chi connectivity index (χ4v) is 1.64. The van der Waals surface area contributed by atoms with Gasteiger partial charge in [-0.2, -0.15) is 0 Å². The number of carbonyl (C=O) groups excluding carboxylic acids is 2. The summed E-state index contributed by atoms with van der Waals surface area (Å²) in [5, 5.41) is 5.56. The minimum absolute atomic E-state index is 0.143. The highest BCUT2D eigenvalue weighted by Crippen LogP contribution is 2.22. The van der Waals surface area contributed by atoms with Gasteiger partial charge in [0.25, 0.3) is 0 Å². The Morgan fingerprint density at radius 3 is 2.71 bits per heavy atom. The van der Waals surface area contributed by atoms with E-state index in [4.69, 9.17) is 16.3 Å².